The number of nitrogens with two attached hydrogens (primary N) is 1. The summed E-state index contributed by atoms with van der Waals surface area (Å²) in [6.07, 6.45) is 1.44. The maximum atomic E-state index is 14.4. The SMILES string of the molecule is CC(C)(C)n1cc(C(=O)Nc2ccc(F)c(C(N)=O)c2)c(-c2ccc(F)cc2F)n1. The molecular weight excluding hydrogens is 397 g/mol. The first kappa shape index (κ1) is 21.1. The molecule has 156 valence electrons. The maximum Gasteiger partial charge on any atom is 0.259 e. The Morgan fingerprint density at radius 1 is 1.00 bits per heavy atom. The van der Waals surface area contributed by atoms with Crippen LogP contribution >= 0.6 is 0 Å². The minimum atomic E-state index is -0.988. The molecule has 0 radical (unpaired) electrons. The number of benzene rings is 2. The number of rotatable bonds is 4. The van der Waals surface area contributed by atoms with Gasteiger partial charge in [-0.25, -0.2) is 13.2 Å². The first-order valence-electron chi connectivity index (χ1n) is 8.93. The Morgan fingerprint density at radius 3 is 2.30 bits per heavy atom. The molecule has 6 nitrogen and oxygen atoms in total. The van der Waals surface area contributed by atoms with Gasteiger partial charge in [0, 0.05) is 23.5 Å². The number of carbonyl (C=O) groups is 2. The van der Waals surface area contributed by atoms with Gasteiger partial charge in [-0.1, -0.05) is 0 Å². The average Bonchev–Trinajstić information content (AvgIpc) is 3.08. The number of anilines is 1. The topological polar surface area (TPSA) is 90.0 Å². The highest BCUT2D eigenvalue weighted by atomic mass is 19.1. The molecule has 0 fully saturated rings. The van der Waals surface area contributed by atoms with E-state index in [9.17, 15) is 22.8 Å². The molecule has 0 unspecified atom stereocenters. The van der Waals surface area contributed by atoms with Gasteiger partial charge in [-0.2, -0.15) is 5.10 Å². The zero-order chi connectivity index (χ0) is 22.2. The van der Waals surface area contributed by atoms with Gasteiger partial charge in [0.15, 0.2) is 0 Å². The highest BCUT2D eigenvalue weighted by molar-refractivity contribution is 6.08. The standard InChI is InChI=1S/C21H19F3N4O2/c1-21(2,3)28-10-15(18(27-28)13-6-4-11(22)8-17(13)24)20(30)26-12-5-7-16(23)14(9-12)19(25)29/h4-10H,1-3H3,(H2,25,29)(H,26,30). The molecule has 3 N–H and O–H groups in total. The Hall–Kier alpha value is -3.62. The van der Waals surface area contributed by atoms with E-state index in [0.29, 0.717) is 6.07 Å². The number of carbonyl (C=O) groups excluding carboxylic acids is 2. The van der Waals surface area contributed by atoms with Crippen molar-refractivity contribution >= 4 is 17.5 Å². The molecule has 30 heavy (non-hydrogen) atoms. The van der Waals surface area contributed by atoms with E-state index in [1.165, 1.54) is 23.0 Å². The largest absolute Gasteiger partial charge is 0.366 e. The van der Waals surface area contributed by atoms with Crippen molar-refractivity contribution in [3.05, 3.63) is 71.2 Å². The van der Waals surface area contributed by atoms with Crippen LogP contribution in [0.2, 0.25) is 0 Å². The lowest BCUT2D eigenvalue weighted by Gasteiger charge is -2.18. The molecule has 1 aromatic heterocycles. The van der Waals surface area contributed by atoms with Crippen LogP contribution < -0.4 is 11.1 Å². The zero-order valence-corrected chi connectivity index (χ0v) is 16.5. The van der Waals surface area contributed by atoms with Crippen molar-refractivity contribution in [2.45, 2.75) is 26.3 Å². The van der Waals surface area contributed by atoms with Crippen molar-refractivity contribution in [2.24, 2.45) is 5.73 Å². The van der Waals surface area contributed by atoms with Gasteiger partial charge in [0.25, 0.3) is 11.8 Å². The van der Waals surface area contributed by atoms with Gasteiger partial charge >= 0.3 is 0 Å². The predicted octanol–water partition coefficient (Wildman–Crippen LogP) is 4.07. The third-order valence-electron chi connectivity index (χ3n) is 4.32. The minimum absolute atomic E-state index is 0.0113. The van der Waals surface area contributed by atoms with Crippen molar-refractivity contribution < 1.29 is 22.8 Å². The number of amides is 2. The fourth-order valence-electron chi connectivity index (χ4n) is 2.75. The molecule has 0 bridgehead atoms. The Kier molecular flexibility index (Phi) is 5.39. The molecule has 2 amide bonds. The number of aromatic nitrogens is 2. The summed E-state index contributed by atoms with van der Waals surface area (Å²) in [5.74, 6) is -4.12. The summed E-state index contributed by atoms with van der Waals surface area (Å²) < 4.78 is 42.9. The quantitative estimate of drug-likeness (QED) is 0.672. The summed E-state index contributed by atoms with van der Waals surface area (Å²) in [5.41, 5.74) is 4.30. The molecule has 0 saturated heterocycles. The van der Waals surface area contributed by atoms with Crippen LogP contribution in [0, 0.1) is 17.5 Å². The Balaban J connectivity index is 2.06. The molecule has 9 heteroatoms. The summed E-state index contributed by atoms with van der Waals surface area (Å²) in [6.45, 7) is 5.52. The van der Waals surface area contributed by atoms with Crippen LogP contribution in [0.15, 0.2) is 42.6 Å². The van der Waals surface area contributed by atoms with E-state index in [-0.39, 0.29) is 28.1 Å². The first-order chi connectivity index (χ1) is 14.0. The van der Waals surface area contributed by atoms with Crippen LogP contribution in [0.25, 0.3) is 11.3 Å². The molecule has 3 rings (SSSR count). The van der Waals surface area contributed by atoms with Crippen LogP contribution in [-0.2, 0) is 5.54 Å². The number of primary amides is 1. The summed E-state index contributed by atoms with van der Waals surface area (Å²) in [5, 5.41) is 6.85. The molecule has 1 heterocycles. The van der Waals surface area contributed by atoms with Crippen LogP contribution in [0.4, 0.5) is 18.9 Å². The number of hydrogen-bond acceptors (Lipinski definition) is 3. The molecule has 0 aliphatic rings. The molecule has 0 spiro atoms. The van der Waals surface area contributed by atoms with Crippen LogP contribution in [-0.4, -0.2) is 21.6 Å². The van der Waals surface area contributed by atoms with Crippen LogP contribution in [0.5, 0.6) is 0 Å². The third-order valence-corrected chi connectivity index (χ3v) is 4.32. The van der Waals surface area contributed by atoms with Crippen molar-refractivity contribution in [3.63, 3.8) is 0 Å². The second-order valence-corrected chi connectivity index (χ2v) is 7.64. The first-order valence-corrected chi connectivity index (χ1v) is 8.93. The molecule has 0 aliphatic heterocycles. The lowest BCUT2D eigenvalue weighted by Crippen LogP contribution is -2.22. The average molecular weight is 416 g/mol. The van der Waals surface area contributed by atoms with Gasteiger partial charge in [0.2, 0.25) is 0 Å². The molecule has 3 aromatic rings. The van der Waals surface area contributed by atoms with Crippen molar-refractivity contribution in [1.29, 1.82) is 0 Å². The van der Waals surface area contributed by atoms with Gasteiger partial charge in [0.1, 0.15) is 23.1 Å². The van der Waals surface area contributed by atoms with Gasteiger partial charge in [-0.15, -0.1) is 0 Å². The lowest BCUT2D eigenvalue weighted by molar-refractivity contribution is 0.0992. The fraction of sp³-hybridized carbons (Fsp3) is 0.190. The van der Waals surface area contributed by atoms with Gasteiger partial charge in [0.05, 0.1) is 16.7 Å². The highest BCUT2D eigenvalue weighted by Gasteiger charge is 2.25. The van der Waals surface area contributed by atoms with Crippen molar-refractivity contribution in [3.8, 4) is 11.3 Å². The van der Waals surface area contributed by atoms with E-state index in [0.717, 1.165) is 18.2 Å². The Labute approximate surface area is 170 Å². The second kappa shape index (κ2) is 7.66. The summed E-state index contributed by atoms with van der Waals surface area (Å²) >= 11 is 0. The zero-order valence-electron chi connectivity index (χ0n) is 16.5. The van der Waals surface area contributed by atoms with E-state index in [1.54, 1.807) is 0 Å². The number of halogens is 3. The van der Waals surface area contributed by atoms with E-state index in [1.807, 2.05) is 20.8 Å². The molecule has 0 aliphatic carbocycles. The van der Waals surface area contributed by atoms with Gasteiger partial charge < -0.3 is 11.1 Å². The lowest BCUT2D eigenvalue weighted by atomic mass is 10.1. The second-order valence-electron chi connectivity index (χ2n) is 7.64. The van der Waals surface area contributed by atoms with Crippen LogP contribution in [0.3, 0.4) is 0 Å². The number of hydrogen-bond donors (Lipinski definition) is 2. The van der Waals surface area contributed by atoms with E-state index in [4.69, 9.17) is 5.73 Å². The van der Waals surface area contributed by atoms with Crippen molar-refractivity contribution in [1.82, 2.24) is 9.78 Å². The van der Waals surface area contributed by atoms with Gasteiger partial charge in [-0.05, 0) is 51.1 Å². The van der Waals surface area contributed by atoms with Crippen molar-refractivity contribution in [2.75, 3.05) is 5.32 Å². The Morgan fingerprint density at radius 2 is 1.70 bits per heavy atom. The molecule has 0 saturated carbocycles. The summed E-state index contributed by atoms with van der Waals surface area (Å²) in [4.78, 5) is 24.3. The van der Waals surface area contributed by atoms with Gasteiger partial charge in [-0.3, -0.25) is 14.3 Å². The Bertz CT molecular complexity index is 1150. The number of nitrogens with zero attached hydrogens (tertiary/aromatic N) is 2. The summed E-state index contributed by atoms with van der Waals surface area (Å²) in [6, 6.07) is 6.31. The molecule has 0 atom stereocenters. The fourth-order valence-corrected chi connectivity index (χ4v) is 2.75. The van der Waals surface area contributed by atoms with E-state index >= 15 is 0 Å². The molecule has 2 aromatic carbocycles. The van der Waals surface area contributed by atoms with E-state index < -0.39 is 34.8 Å². The smallest absolute Gasteiger partial charge is 0.259 e. The van der Waals surface area contributed by atoms with E-state index in [2.05, 4.69) is 10.4 Å². The number of nitrogens with one attached hydrogen (secondary N) is 1. The predicted molar refractivity (Wildman–Crippen MR) is 105 cm³/mol. The monoisotopic (exact) mass is 416 g/mol. The normalized spacial score (nSPS) is 11.4. The van der Waals surface area contributed by atoms with Crippen LogP contribution in [0.1, 0.15) is 41.5 Å². The third kappa shape index (κ3) is 4.19. The maximum absolute atomic E-state index is 14.4. The highest BCUT2D eigenvalue weighted by Crippen LogP contribution is 2.29. The summed E-state index contributed by atoms with van der Waals surface area (Å²) in [7, 11) is 0. The minimum Gasteiger partial charge on any atom is -0.366 e. The molecular formula is C21H19F3N4O2.